The molecule has 0 saturated heterocycles. The van der Waals surface area contributed by atoms with E-state index in [-0.39, 0.29) is 12.2 Å². The Balaban J connectivity index is 1.75. The molecule has 3 aromatic rings. The molecule has 0 aliphatic heterocycles. The van der Waals surface area contributed by atoms with E-state index in [9.17, 15) is 19.8 Å². The first-order valence-electron chi connectivity index (χ1n) is 8.02. The largest absolute Gasteiger partial charge is 0.481 e. The Hall–Kier alpha value is -2.38. The summed E-state index contributed by atoms with van der Waals surface area (Å²) in [6.45, 7) is 0. The van der Waals surface area contributed by atoms with Crippen LogP contribution in [0.25, 0.3) is 10.2 Å². The zero-order valence-corrected chi connectivity index (χ0v) is 15.4. The molecule has 1 aromatic heterocycles. The van der Waals surface area contributed by atoms with Crippen molar-refractivity contribution >= 4 is 45.3 Å². The van der Waals surface area contributed by atoms with Crippen LogP contribution in [0.2, 0.25) is 0 Å². The summed E-state index contributed by atoms with van der Waals surface area (Å²) in [6, 6.07) is 16.8. The first-order valence-corrected chi connectivity index (χ1v) is 9.82. The molecule has 0 aliphatic rings. The van der Waals surface area contributed by atoms with E-state index in [1.54, 1.807) is 0 Å². The molecule has 7 heteroatoms. The summed E-state index contributed by atoms with van der Waals surface area (Å²) in [6.07, 6.45) is 0.188. The van der Waals surface area contributed by atoms with Gasteiger partial charge in [0, 0.05) is 5.75 Å². The molecule has 0 bridgehead atoms. The van der Waals surface area contributed by atoms with Crippen molar-refractivity contribution in [2.24, 2.45) is 11.8 Å². The number of benzene rings is 2. The Morgan fingerprint density at radius 1 is 0.962 bits per heavy atom. The summed E-state index contributed by atoms with van der Waals surface area (Å²) in [5.74, 6) is -4.01. The van der Waals surface area contributed by atoms with E-state index in [1.165, 1.54) is 23.1 Å². The second kappa shape index (κ2) is 8.33. The number of para-hydroxylation sites is 1. The SMILES string of the molecule is O=C(O)C(CSc1nc2ccccc2s1)C(Cc1ccccc1)C(=O)O. The maximum Gasteiger partial charge on any atom is 0.308 e. The maximum atomic E-state index is 11.7. The van der Waals surface area contributed by atoms with Gasteiger partial charge in [0.15, 0.2) is 4.34 Å². The smallest absolute Gasteiger partial charge is 0.308 e. The summed E-state index contributed by atoms with van der Waals surface area (Å²) < 4.78 is 1.78. The number of nitrogens with zero attached hydrogens (tertiary/aromatic N) is 1. The monoisotopic (exact) mass is 387 g/mol. The number of hydrogen-bond donors (Lipinski definition) is 2. The Morgan fingerprint density at radius 3 is 2.27 bits per heavy atom. The normalized spacial score (nSPS) is 13.4. The number of carboxylic acids is 2. The zero-order valence-electron chi connectivity index (χ0n) is 13.7. The molecule has 2 aromatic carbocycles. The topological polar surface area (TPSA) is 87.5 Å². The maximum absolute atomic E-state index is 11.7. The van der Waals surface area contributed by atoms with Gasteiger partial charge in [-0.3, -0.25) is 9.59 Å². The number of carbonyl (C=O) groups is 2. The van der Waals surface area contributed by atoms with Gasteiger partial charge in [0.25, 0.3) is 0 Å². The predicted molar refractivity (Wildman–Crippen MR) is 103 cm³/mol. The van der Waals surface area contributed by atoms with Crippen molar-refractivity contribution in [2.45, 2.75) is 10.8 Å². The molecule has 2 N–H and O–H groups in total. The molecule has 5 nitrogen and oxygen atoms in total. The molecular formula is C19H17NO4S2. The van der Waals surface area contributed by atoms with E-state index < -0.39 is 23.8 Å². The van der Waals surface area contributed by atoms with Gasteiger partial charge in [-0.1, -0.05) is 54.2 Å². The lowest BCUT2D eigenvalue weighted by atomic mass is 9.88. The molecule has 0 fully saturated rings. The average Bonchev–Trinajstić information content (AvgIpc) is 3.04. The summed E-state index contributed by atoms with van der Waals surface area (Å²) in [7, 11) is 0. The first-order chi connectivity index (χ1) is 12.5. The van der Waals surface area contributed by atoms with Crippen molar-refractivity contribution in [1.29, 1.82) is 0 Å². The van der Waals surface area contributed by atoms with Crippen molar-refractivity contribution in [3.63, 3.8) is 0 Å². The van der Waals surface area contributed by atoms with E-state index in [0.717, 1.165) is 20.1 Å². The van der Waals surface area contributed by atoms with Crippen LogP contribution in [0.5, 0.6) is 0 Å². The number of carboxylic acid groups (broad SMARTS) is 2. The van der Waals surface area contributed by atoms with Crippen LogP contribution in [-0.2, 0) is 16.0 Å². The number of thioether (sulfide) groups is 1. The summed E-state index contributed by atoms with van der Waals surface area (Å²) in [5, 5.41) is 19.2. The molecule has 2 unspecified atom stereocenters. The molecule has 134 valence electrons. The van der Waals surface area contributed by atoms with Crippen LogP contribution in [0.3, 0.4) is 0 Å². The lowest BCUT2D eigenvalue weighted by Gasteiger charge is -2.19. The number of hydrogen-bond acceptors (Lipinski definition) is 5. The minimum Gasteiger partial charge on any atom is -0.481 e. The quantitative estimate of drug-likeness (QED) is 0.568. The van der Waals surface area contributed by atoms with Gasteiger partial charge in [0.2, 0.25) is 0 Å². The summed E-state index contributed by atoms with van der Waals surface area (Å²) >= 11 is 2.79. The molecule has 0 spiro atoms. The van der Waals surface area contributed by atoms with E-state index >= 15 is 0 Å². The Kier molecular flexibility index (Phi) is 5.90. The second-order valence-corrected chi connectivity index (χ2v) is 8.14. The number of thiazole rings is 1. The van der Waals surface area contributed by atoms with Gasteiger partial charge in [0.1, 0.15) is 0 Å². The predicted octanol–water partition coefficient (Wildman–Crippen LogP) is 4.03. The van der Waals surface area contributed by atoms with E-state index in [0.29, 0.717) is 0 Å². The standard InChI is InChI=1S/C19H17NO4S2/c21-17(22)13(10-12-6-2-1-3-7-12)14(18(23)24)11-25-19-20-15-8-4-5-9-16(15)26-19/h1-9,13-14H,10-11H2,(H,21,22)(H,23,24). The van der Waals surface area contributed by atoms with Crippen molar-refractivity contribution < 1.29 is 19.8 Å². The molecule has 0 amide bonds. The minimum absolute atomic E-state index is 0.166. The fourth-order valence-corrected chi connectivity index (χ4v) is 4.97. The van der Waals surface area contributed by atoms with Gasteiger partial charge in [-0.15, -0.1) is 11.3 Å². The van der Waals surface area contributed by atoms with E-state index in [1.807, 2.05) is 54.6 Å². The number of aliphatic carboxylic acids is 2. The summed E-state index contributed by atoms with van der Waals surface area (Å²) in [4.78, 5) is 27.9. The fourth-order valence-electron chi connectivity index (χ4n) is 2.70. The van der Waals surface area contributed by atoms with Gasteiger partial charge in [0.05, 0.1) is 22.1 Å². The third-order valence-electron chi connectivity index (χ3n) is 4.08. The molecule has 3 rings (SSSR count). The van der Waals surface area contributed by atoms with Crippen LogP contribution < -0.4 is 0 Å². The third-order valence-corrected chi connectivity index (χ3v) is 6.38. The average molecular weight is 387 g/mol. The highest BCUT2D eigenvalue weighted by Crippen LogP contribution is 2.32. The highest BCUT2D eigenvalue weighted by molar-refractivity contribution is 8.01. The highest BCUT2D eigenvalue weighted by atomic mass is 32.2. The van der Waals surface area contributed by atoms with Crippen molar-refractivity contribution in [2.75, 3.05) is 5.75 Å². The minimum atomic E-state index is -1.10. The van der Waals surface area contributed by atoms with E-state index in [4.69, 9.17) is 0 Å². The molecule has 1 heterocycles. The molecule has 2 atom stereocenters. The van der Waals surface area contributed by atoms with Crippen LogP contribution >= 0.6 is 23.1 Å². The molecule has 0 radical (unpaired) electrons. The van der Waals surface area contributed by atoms with Crippen molar-refractivity contribution in [1.82, 2.24) is 4.98 Å². The van der Waals surface area contributed by atoms with Crippen LogP contribution in [0.15, 0.2) is 58.9 Å². The highest BCUT2D eigenvalue weighted by Gasteiger charge is 2.34. The number of fused-ring (bicyclic) bond motifs is 1. The van der Waals surface area contributed by atoms with Crippen LogP contribution in [-0.4, -0.2) is 32.9 Å². The van der Waals surface area contributed by atoms with Gasteiger partial charge >= 0.3 is 11.9 Å². The molecular weight excluding hydrogens is 370 g/mol. The molecule has 26 heavy (non-hydrogen) atoms. The van der Waals surface area contributed by atoms with Crippen LogP contribution in [0.4, 0.5) is 0 Å². The lowest BCUT2D eigenvalue weighted by Crippen LogP contribution is -2.33. The molecule has 0 aliphatic carbocycles. The van der Waals surface area contributed by atoms with E-state index in [2.05, 4.69) is 4.98 Å². The summed E-state index contributed by atoms with van der Waals surface area (Å²) in [5.41, 5.74) is 1.68. The Morgan fingerprint density at radius 2 is 1.62 bits per heavy atom. The number of aromatic nitrogens is 1. The van der Waals surface area contributed by atoms with Crippen LogP contribution in [0, 0.1) is 11.8 Å². The second-order valence-electron chi connectivity index (χ2n) is 5.84. The Labute approximate surface area is 158 Å². The van der Waals surface area contributed by atoms with Crippen molar-refractivity contribution in [3.05, 3.63) is 60.2 Å². The third kappa shape index (κ3) is 4.42. The van der Waals surface area contributed by atoms with Crippen LogP contribution in [0.1, 0.15) is 5.56 Å². The molecule has 0 saturated carbocycles. The number of rotatable bonds is 8. The van der Waals surface area contributed by atoms with Gasteiger partial charge in [-0.2, -0.15) is 0 Å². The van der Waals surface area contributed by atoms with Gasteiger partial charge in [-0.05, 0) is 24.1 Å². The van der Waals surface area contributed by atoms with Crippen molar-refractivity contribution in [3.8, 4) is 0 Å². The Bertz CT molecular complexity index is 877. The first kappa shape index (κ1) is 18.4. The fraction of sp³-hybridized carbons (Fsp3) is 0.211. The van der Waals surface area contributed by atoms with Gasteiger partial charge < -0.3 is 10.2 Å². The lowest BCUT2D eigenvalue weighted by molar-refractivity contribution is -0.152. The zero-order chi connectivity index (χ0) is 18.5. The van der Waals surface area contributed by atoms with Gasteiger partial charge in [-0.25, -0.2) is 4.98 Å².